The van der Waals surface area contributed by atoms with Crippen molar-refractivity contribution in [2.45, 2.75) is 12.5 Å². The van der Waals surface area contributed by atoms with Gasteiger partial charge in [0.2, 0.25) is 0 Å². The van der Waals surface area contributed by atoms with Crippen molar-refractivity contribution in [3.05, 3.63) is 57.8 Å². The Labute approximate surface area is 168 Å². The first-order valence-electron chi connectivity index (χ1n) is 8.16. The minimum Gasteiger partial charge on any atom is -0.489 e. The van der Waals surface area contributed by atoms with Gasteiger partial charge in [-0.05, 0) is 30.3 Å². The summed E-state index contributed by atoms with van der Waals surface area (Å²) in [7, 11) is 0. The highest BCUT2D eigenvalue weighted by Gasteiger charge is 2.15. The summed E-state index contributed by atoms with van der Waals surface area (Å²) >= 11 is 11.9. The fraction of sp³-hybridized carbons (Fsp3) is 0.222. The van der Waals surface area contributed by atoms with E-state index in [4.69, 9.17) is 27.9 Å². The molecule has 1 unspecified atom stereocenters. The van der Waals surface area contributed by atoms with E-state index in [1.165, 1.54) is 18.2 Å². The molecule has 0 saturated carbocycles. The second-order valence-electron chi connectivity index (χ2n) is 5.88. The molecule has 0 radical (unpaired) electrons. The quantitative estimate of drug-likeness (QED) is 0.530. The molecule has 1 atom stereocenters. The molecule has 3 rings (SSSR count). The van der Waals surface area contributed by atoms with Gasteiger partial charge in [0.1, 0.15) is 23.5 Å². The van der Waals surface area contributed by atoms with Gasteiger partial charge < -0.3 is 20.1 Å². The van der Waals surface area contributed by atoms with Crippen LogP contribution in [0.15, 0.2) is 36.4 Å². The number of carbonyl (C=O) groups is 1. The Morgan fingerprint density at radius 2 is 2.07 bits per heavy atom. The molecule has 148 valence electrons. The van der Waals surface area contributed by atoms with Crippen molar-refractivity contribution < 1.29 is 23.4 Å². The number of fused-ring (bicyclic) bond motifs is 1. The third-order valence-corrected chi connectivity index (χ3v) is 4.62. The number of ether oxygens (including phenoxy) is 1. The Morgan fingerprint density at radius 1 is 1.29 bits per heavy atom. The van der Waals surface area contributed by atoms with Crippen molar-refractivity contribution in [1.29, 1.82) is 0 Å². The average Bonchev–Trinajstić information content (AvgIpc) is 3.11. The van der Waals surface area contributed by atoms with E-state index in [1.807, 2.05) is 0 Å². The first kappa shape index (κ1) is 20.3. The Morgan fingerprint density at radius 3 is 2.82 bits per heavy atom. The van der Waals surface area contributed by atoms with Gasteiger partial charge in [0.25, 0.3) is 12.3 Å². The van der Waals surface area contributed by atoms with E-state index in [0.29, 0.717) is 21.8 Å². The van der Waals surface area contributed by atoms with Crippen molar-refractivity contribution in [3.8, 4) is 5.75 Å². The van der Waals surface area contributed by atoms with Crippen LogP contribution in [-0.4, -0.2) is 40.2 Å². The van der Waals surface area contributed by atoms with E-state index in [1.54, 1.807) is 18.2 Å². The summed E-state index contributed by atoms with van der Waals surface area (Å²) in [6.45, 7) is -0.196. The fourth-order valence-corrected chi connectivity index (χ4v) is 2.77. The predicted octanol–water partition coefficient (Wildman–Crippen LogP) is 3.98. The number of benzene rings is 2. The van der Waals surface area contributed by atoms with Crippen molar-refractivity contribution in [3.63, 3.8) is 0 Å². The normalized spacial score (nSPS) is 12.4. The number of imidazole rings is 1. The van der Waals surface area contributed by atoms with Crippen LogP contribution in [0, 0.1) is 0 Å². The SMILES string of the molecule is O=C(NCC(O)COc1cccc(Cl)c1Cl)c1ccc2nc(C(F)F)[nH]c2c1. The third kappa shape index (κ3) is 4.70. The smallest absolute Gasteiger partial charge is 0.295 e. The number of aromatic nitrogens is 2. The Bertz CT molecular complexity index is 997. The molecule has 0 fully saturated rings. The van der Waals surface area contributed by atoms with Gasteiger partial charge >= 0.3 is 0 Å². The lowest BCUT2D eigenvalue weighted by Crippen LogP contribution is -2.35. The Hall–Kier alpha value is -2.42. The summed E-state index contributed by atoms with van der Waals surface area (Å²) in [5.74, 6) is -0.617. The standard InChI is InChI=1S/C18H15Cl2F2N3O3/c19-11-2-1-3-14(15(11)20)28-8-10(26)7-23-18(27)9-4-5-12-13(6-9)25-17(24-12)16(21)22/h1-6,10,16,26H,7-8H2,(H,23,27)(H,24,25). The van der Waals surface area contributed by atoms with E-state index in [9.17, 15) is 18.7 Å². The number of hydrogen-bond donors (Lipinski definition) is 3. The van der Waals surface area contributed by atoms with Crippen LogP contribution in [0.1, 0.15) is 22.6 Å². The first-order valence-corrected chi connectivity index (χ1v) is 8.91. The summed E-state index contributed by atoms with van der Waals surface area (Å²) in [5.41, 5.74) is 0.893. The minimum absolute atomic E-state index is 0.0830. The van der Waals surface area contributed by atoms with E-state index >= 15 is 0 Å². The van der Waals surface area contributed by atoms with E-state index in [-0.39, 0.29) is 23.7 Å². The zero-order valence-electron chi connectivity index (χ0n) is 14.3. The molecule has 6 nitrogen and oxygen atoms in total. The molecule has 3 aromatic rings. The lowest BCUT2D eigenvalue weighted by atomic mass is 10.2. The van der Waals surface area contributed by atoms with Gasteiger partial charge in [-0.2, -0.15) is 0 Å². The fourth-order valence-electron chi connectivity index (χ4n) is 2.43. The Kier molecular flexibility index (Phi) is 6.33. The molecule has 2 aromatic carbocycles. The number of alkyl halides is 2. The zero-order valence-corrected chi connectivity index (χ0v) is 15.8. The number of aliphatic hydroxyl groups is 1. The van der Waals surface area contributed by atoms with E-state index < -0.39 is 24.3 Å². The highest BCUT2D eigenvalue weighted by Crippen LogP contribution is 2.31. The van der Waals surface area contributed by atoms with Crippen LogP contribution in [0.2, 0.25) is 10.0 Å². The van der Waals surface area contributed by atoms with Crippen molar-refractivity contribution >= 4 is 40.1 Å². The van der Waals surface area contributed by atoms with Crippen LogP contribution < -0.4 is 10.1 Å². The number of nitrogens with one attached hydrogen (secondary N) is 2. The number of amides is 1. The molecule has 28 heavy (non-hydrogen) atoms. The summed E-state index contributed by atoms with van der Waals surface area (Å²) in [6.07, 6.45) is -3.73. The summed E-state index contributed by atoms with van der Waals surface area (Å²) in [5, 5.41) is 13.1. The number of carbonyl (C=O) groups excluding carboxylic acids is 1. The number of hydrogen-bond acceptors (Lipinski definition) is 4. The van der Waals surface area contributed by atoms with Crippen LogP contribution in [-0.2, 0) is 0 Å². The minimum atomic E-state index is -2.73. The van der Waals surface area contributed by atoms with Gasteiger partial charge in [-0.25, -0.2) is 13.8 Å². The Balaban J connectivity index is 1.55. The highest BCUT2D eigenvalue weighted by molar-refractivity contribution is 6.42. The zero-order chi connectivity index (χ0) is 20.3. The summed E-state index contributed by atoms with van der Waals surface area (Å²) in [6, 6.07) is 9.21. The second-order valence-corrected chi connectivity index (χ2v) is 6.67. The van der Waals surface area contributed by atoms with Gasteiger partial charge in [0.05, 0.1) is 16.1 Å². The molecule has 0 aliphatic rings. The van der Waals surface area contributed by atoms with Crippen LogP contribution in [0.4, 0.5) is 8.78 Å². The van der Waals surface area contributed by atoms with Crippen molar-refractivity contribution in [1.82, 2.24) is 15.3 Å². The maximum absolute atomic E-state index is 12.7. The number of aromatic amines is 1. The third-order valence-electron chi connectivity index (χ3n) is 3.81. The van der Waals surface area contributed by atoms with Crippen LogP contribution >= 0.6 is 23.2 Å². The van der Waals surface area contributed by atoms with Crippen molar-refractivity contribution in [2.75, 3.05) is 13.2 Å². The van der Waals surface area contributed by atoms with Gasteiger partial charge in [-0.1, -0.05) is 29.3 Å². The van der Waals surface area contributed by atoms with E-state index in [2.05, 4.69) is 15.3 Å². The predicted molar refractivity (Wildman–Crippen MR) is 101 cm³/mol. The molecule has 3 N–H and O–H groups in total. The number of nitrogens with zero attached hydrogens (tertiary/aromatic N) is 1. The van der Waals surface area contributed by atoms with Gasteiger partial charge in [0, 0.05) is 12.1 Å². The maximum atomic E-state index is 12.7. The van der Waals surface area contributed by atoms with Gasteiger partial charge in [-0.3, -0.25) is 4.79 Å². The molecule has 0 spiro atoms. The number of halogens is 4. The summed E-state index contributed by atoms with van der Waals surface area (Å²) in [4.78, 5) is 18.4. The molecule has 0 bridgehead atoms. The molecule has 1 amide bonds. The lowest BCUT2D eigenvalue weighted by molar-refractivity contribution is 0.0844. The highest BCUT2D eigenvalue weighted by atomic mass is 35.5. The molecular weight excluding hydrogens is 415 g/mol. The molecule has 1 aromatic heterocycles. The van der Waals surface area contributed by atoms with Crippen LogP contribution in [0.5, 0.6) is 5.75 Å². The molecule has 0 aliphatic carbocycles. The maximum Gasteiger partial charge on any atom is 0.295 e. The average molecular weight is 430 g/mol. The molecule has 0 saturated heterocycles. The molecule has 0 aliphatic heterocycles. The number of aliphatic hydroxyl groups excluding tert-OH is 1. The first-order chi connectivity index (χ1) is 13.3. The topological polar surface area (TPSA) is 87.2 Å². The summed E-state index contributed by atoms with van der Waals surface area (Å²) < 4.78 is 30.8. The van der Waals surface area contributed by atoms with E-state index in [0.717, 1.165) is 0 Å². The monoisotopic (exact) mass is 429 g/mol. The van der Waals surface area contributed by atoms with Gasteiger partial charge in [-0.15, -0.1) is 0 Å². The second kappa shape index (κ2) is 8.72. The van der Waals surface area contributed by atoms with Gasteiger partial charge in [0.15, 0.2) is 5.82 Å². The lowest BCUT2D eigenvalue weighted by Gasteiger charge is -2.14. The molecule has 1 heterocycles. The molecular formula is C18H15Cl2F2N3O3. The number of rotatable bonds is 7. The van der Waals surface area contributed by atoms with Crippen molar-refractivity contribution in [2.24, 2.45) is 0 Å². The van der Waals surface area contributed by atoms with Crippen LogP contribution in [0.3, 0.4) is 0 Å². The van der Waals surface area contributed by atoms with Crippen LogP contribution in [0.25, 0.3) is 11.0 Å². The number of H-pyrrole nitrogens is 1. The molecule has 10 heteroatoms. The largest absolute Gasteiger partial charge is 0.489 e.